The van der Waals surface area contributed by atoms with E-state index < -0.39 is 17.4 Å². The number of esters is 1. The minimum absolute atomic E-state index is 0.0853. The van der Waals surface area contributed by atoms with Crippen molar-refractivity contribution in [3.8, 4) is 0 Å². The van der Waals surface area contributed by atoms with Crippen molar-refractivity contribution in [2.24, 2.45) is 0 Å². The van der Waals surface area contributed by atoms with Gasteiger partial charge in [0, 0.05) is 18.5 Å². The van der Waals surface area contributed by atoms with E-state index in [9.17, 15) is 9.18 Å². The van der Waals surface area contributed by atoms with E-state index in [1.165, 1.54) is 12.1 Å². The molecular formula is C14H15FN2O2. The van der Waals surface area contributed by atoms with Crippen LogP contribution >= 0.6 is 0 Å². The highest BCUT2D eigenvalue weighted by atomic mass is 19.1. The molecule has 4 nitrogen and oxygen atoms in total. The summed E-state index contributed by atoms with van der Waals surface area (Å²) in [5.41, 5.74) is -0.170. The van der Waals surface area contributed by atoms with Crippen molar-refractivity contribution in [2.75, 3.05) is 11.9 Å². The Balaban J connectivity index is 2.15. The molecular weight excluding hydrogens is 247 g/mol. The second-order valence-electron chi connectivity index (χ2n) is 4.54. The third-order valence-electron chi connectivity index (χ3n) is 3.24. The van der Waals surface area contributed by atoms with Gasteiger partial charge in [-0.25, -0.2) is 15.8 Å². The van der Waals surface area contributed by atoms with E-state index in [1.807, 2.05) is 0 Å². The lowest BCUT2D eigenvalue weighted by atomic mass is 9.85. The van der Waals surface area contributed by atoms with Gasteiger partial charge in [-0.3, -0.25) is 4.85 Å². The first-order valence-corrected chi connectivity index (χ1v) is 6.24. The van der Waals surface area contributed by atoms with Crippen molar-refractivity contribution in [1.29, 1.82) is 0 Å². The van der Waals surface area contributed by atoms with Crippen LogP contribution in [0, 0.1) is 12.4 Å². The van der Waals surface area contributed by atoms with Crippen LogP contribution in [0.1, 0.15) is 36.5 Å². The first-order valence-electron chi connectivity index (χ1n) is 6.24. The van der Waals surface area contributed by atoms with Gasteiger partial charge in [-0.15, -0.1) is 0 Å². The predicted molar refractivity (Wildman–Crippen MR) is 69.2 cm³/mol. The molecule has 0 heterocycles. The molecule has 0 amide bonds. The standard InChI is InChI=1S/C14H15FN2O2/c1-3-19-13(18)11-6-5-10(9-12(11)15)17-14(16-2)7-4-8-14/h5-6,9,17H,3-4,7-8H2,1H3. The van der Waals surface area contributed by atoms with Crippen molar-refractivity contribution >= 4 is 11.7 Å². The third kappa shape index (κ3) is 2.68. The van der Waals surface area contributed by atoms with Gasteiger partial charge in [-0.05, 0) is 31.5 Å². The Morgan fingerprint density at radius 3 is 2.79 bits per heavy atom. The second kappa shape index (κ2) is 5.27. The Morgan fingerprint density at radius 2 is 2.32 bits per heavy atom. The number of hydrogen-bond acceptors (Lipinski definition) is 3. The van der Waals surface area contributed by atoms with Crippen molar-refractivity contribution in [3.63, 3.8) is 0 Å². The van der Waals surface area contributed by atoms with E-state index in [1.54, 1.807) is 13.0 Å². The van der Waals surface area contributed by atoms with E-state index in [4.69, 9.17) is 11.3 Å². The summed E-state index contributed by atoms with van der Waals surface area (Å²) in [7, 11) is 0. The van der Waals surface area contributed by atoms with Gasteiger partial charge < -0.3 is 10.1 Å². The lowest BCUT2D eigenvalue weighted by Gasteiger charge is -2.31. The third-order valence-corrected chi connectivity index (χ3v) is 3.24. The zero-order valence-corrected chi connectivity index (χ0v) is 10.7. The minimum Gasteiger partial charge on any atom is -0.462 e. The number of hydrogen-bond donors (Lipinski definition) is 1. The first kappa shape index (κ1) is 13.3. The lowest BCUT2D eigenvalue weighted by molar-refractivity contribution is 0.0521. The maximum Gasteiger partial charge on any atom is 0.341 e. The number of benzene rings is 1. The number of halogens is 1. The van der Waals surface area contributed by atoms with Crippen LogP contribution in [0.4, 0.5) is 10.1 Å². The van der Waals surface area contributed by atoms with Gasteiger partial charge in [-0.1, -0.05) is 0 Å². The van der Waals surface area contributed by atoms with E-state index in [0.29, 0.717) is 5.69 Å². The van der Waals surface area contributed by atoms with Gasteiger partial charge >= 0.3 is 11.6 Å². The van der Waals surface area contributed by atoms with Crippen LogP contribution in [0.15, 0.2) is 18.2 Å². The smallest absolute Gasteiger partial charge is 0.341 e. The van der Waals surface area contributed by atoms with Crippen LogP contribution in [0.5, 0.6) is 0 Å². The van der Waals surface area contributed by atoms with Crippen molar-refractivity contribution < 1.29 is 13.9 Å². The van der Waals surface area contributed by atoms with Gasteiger partial charge in [0.1, 0.15) is 5.82 Å². The van der Waals surface area contributed by atoms with Crippen molar-refractivity contribution in [2.45, 2.75) is 31.8 Å². The molecule has 1 aliphatic carbocycles. The summed E-state index contributed by atoms with van der Waals surface area (Å²) in [4.78, 5) is 15.0. The lowest BCUT2D eigenvalue weighted by Crippen LogP contribution is -2.41. The molecule has 5 heteroatoms. The Morgan fingerprint density at radius 1 is 1.58 bits per heavy atom. The topological polar surface area (TPSA) is 42.7 Å². The molecule has 1 aromatic rings. The number of rotatable bonds is 4. The van der Waals surface area contributed by atoms with Crippen LogP contribution in [0.3, 0.4) is 0 Å². The first-order chi connectivity index (χ1) is 9.10. The van der Waals surface area contributed by atoms with Gasteiger partial charge in [0.25, 0.3) is 0 Å². The molecule has 0 bridgehead atoms. The maximum atomic E-state index is 13.8. The molecule has 0 radical (unpaired) electrons. The largest absolute Gasteiger partial charge is 0.462 e. The SMILES string of the molecule is [C-]#[N+]C1(Nc2ccc(C(=O)OCC)c(F)c2)CCC1. The van der Waals surface area contributed by atoms with Crippen LogP contribution in [0.25, 0.3) is 4.85 Å². The number of ether oxygens (including phenoxy) is 1. The fourth-order valence-corrected chi connectivity index (χ4v) is 2.01. The monoisotopic (exact) mass is 262 g/mol. The van der Waals surface area contributed by atoms with E-state index in [2.05, 4.69) is 10.2 Å². The highest BCUT2D eigenvalue weighted by molar-refractivity contribution is 5.90. The normalized spacial score (nSPS) is 16.1. The molecule has 100 valence electrons. The molecule has 0 spiro atoms. The molecule has 1 fully saturated rings. The summed E-state index contributed by atoms with van der Waals surface area (Å²) < 4.78 is 18.6. The molecule has 1 aliphatic rings. The summed E-state index contributed by atoms with van der Waals surface area (Å²) in [6.45, 7) is 9.05. The molecule has 0 saturated heterocycles. The van der Waals surface area contributed by atoms with Gasteiger partial charge in [0.2, 0.25) is 0 Å². The van der Waals surface area contributed by atoms with E-state index in [0.717, 1.165) is 19.3 Å². The number of anilines is 1. The second-order valence-corrected chi connectivity index (χ2v) is 4.54. The summed E-state index contributed by atoms with van der Waals surface area (Å²) >= 11 is 0. The van der Waals surface area contributed by atoms with E-state index >= 15 is 0 Å². The zero-order chi connectivity index (χ0) is 13.9. The minimum atomic E-state index is -0.671. The molecule has 1 N–H and O–H groups in total. The average molecular weight is 262 g/mol. The molecule has 1 aromatic carbocycles. The summed E-state index contributed by atoms with van der Waals surface area (Å²) in [6.07, 6.45) is 2.52. The predicted octanol–water partition coefficient (Wildman–Crippen LogP) is 3.21. The Hall–Kier alpha value is -2.09. The van der Waals surface area contributed by atoms with Crippen LogP contribution < -0.4 is 5.32 Å². The average Bonchev–Trinajstić information content (AvgIpc) is 2.34. The Labute approximate surface area is 111 Å². The zero-order valence-electron chi connectivity index (χ0n) is 10.7. The summed E-state index contributed by atoms with van der Waals surface area (Å²) in [5.74, 6) is -1.31. The molecule has 0 aliphatic heterocycles. The molecule has 0 atom stereocenters. The van der Waals surface area contributed by atoms with Crippen LogP contribution in [0.2, 0.25) is 0 Å². The quantitative estimate of drug-likeness (QED) is 0.669. The van der Waals surface area contributed by atoms with Gasteiger partial charge in [-0.2, -0.15) is 0 Å². The molecule has 1 saturated carbocycles. The number of carbonyl (C=O) groups is 1. The molecule has 0 aromatic heterocycles. The highest BCUT2D eigenvalue weighted by Crippen LogP contribution is 2.36. The maximum absolute atomic E-state index is 13.8. The summed E-state index contributed by atoms with van der Waals surface area (Å²) in [5, 5.41) is 3.03. The van der Waals surface area contributed by atoms with Crippen molar-refractivity contribution in [1.82, 2.24) is 0 Å². The molecule has 0 unspecified atom stereocenters. The Kier molecular flexibility index (Phi) is 3.70. The van der Waals surface area contributed by atoms with Gasteiger partial charge in [0.15, 0.2) is 0 Å². The number of nitrogens with one attached hydrogen (secondary N) is 1. The fraction of sp³-hybridized carbons (Fsp3) is 0.429. The molecule has 19 heavy (non-hydrogen) atoms. The Bertz CT molecular complexity index is 533. The van der Waals surface area contributed by atoms with Crippen LogP contribution in [-0.2, 0) is 4.74 Å². The van der Waals surface area contributed by atoms with Gasteiger partial charge in [0.05, 0.1) is 12.2 Å². The summed E-state index contributed by atoms with van der Waals surface area (Å²) in [6, 6.07) is 4.21. The van der Waals surface area contributed by atoms with E-state index in [-0.39, 0.29) is 12.2 Å². The highest BCUT2D eigenvalue weighted by Gasteiger charge is 2.43. The fourth-order valence-electron chi connectivity index (χ4n) is 2.01. The van der Waals surface area contributed by atoms with Crippen molar-refractivity contribution in [3.05, 3.63) is 41.0 Å². The number of nitrogens with zero attached hydrogens (tertiary/aromatic N) is 1. The number of carbonyl (C=O) groups excluding carboxylic acids is 1. The molecule has 2 rings (SSSR count). The van der Waals surface area contributed by atoms with Crippen LogP contribution in [-0.4, -0.2) is 18.2 Å².